The summed E-state index contributed by atoms with van der Waals surface area (Å²) in [5, 5.41) is 8.78. The summed E-state index contributed by atoms with van der Waals surface area (Å²) in [5.41, 5.74) is 2.16. The van der Waals surface area contributed by atoms with Crippen LogP contribution in [0.2, 0.25) is 0 Å². The molecule has 0 radical (unpaired) electrons. The average molecular weight is 173 g/mol. The third kappa shape index (κ3) is 1.11. The smallest absolute Gasteiger partial charge is 0.138 e. The highest BCUT2D eigenvalue weighted by Crippen LogP contribution is 2.22. The van der Waals surface area contributed by atoms with Crippen LogP contribution in [0.4, 0.5) is 0 Å². The number of hydrogen-bond acceptors (Lipinski definition) is 3. The van der Waals surface area contributed by atoms with Crippen LogP contribution in [0.15, 0.2) is 18.5 Å². The van der Waals surface area contributed by atoms with Crippen LogP contribution in [-0.2, 0) is 0 Å². The number of hydrogen-bond donors (Lipinski definition) is 1. The lowest BCUT2D eigenvalue weighted by atomic mass is 10.2. The van der Waals surface area contributed by atoms with E-state index in [0.717, 1.165) is 11.0 Å². The normalized spacial score (nSPS) is 9.85. The van der Waals surface area contributed by atoms with Gasteiger partial charge < -0.3 is 9.72 Å². The van der Waals surface area contributed by atoms with Gasteiger partial charge in [0.25, 0.3) is 0 Å². The summed E-state index contributed by atoms with van der Waals surface area (Å²) < 4.78 is 5.04. The summed E-state index contributed by atoms with van der Waals surface area (Å²) in [7, 11) is 1.54. The van der Waals surface area contributed by atoms with Crippen LogP contribution in [0.5, 0.6) is 5.75 Å². The molecule has 0 atom stereocenters. The van der Waals surface area contributed by atoms with E-state index in [9.17, 15) is 0 Å². The van der Waals surface area contributed by atoms with E-state index in [1.165, 1.54) is 7.11 Å². The number of aromatic nitrogens is 2. The number of H-pyrrole nitrogens is 1. The molecule has 13 heavy (non-hydrogen) atoms. The number of nitrogens with one attached hydrogen (secondary N) is 1. The molecule has 1 aromatic carbocycles. The molecule has 2 rings (SSSR count). The first-order chi connectivity index (χ1) is 6.35. The summed E-state index contributed by atoms with van der Waals surface area (Å²) in [5.74, 6) is 0.558. The van der Waals surface area contributed by atoms with E-state index in [1.54, 1.807) is 18.5 Å². The van der Waals surface area contributed by atoms with Crippen molar-refractivity contribution >= 4 is 11.0 Å². The molecule has 0 aliphatic heterocycles. The number of nitrogens with zero attached hydrogens (tertiary/aromatic N) is 2. The van der Waals surface area contributed by atoms with Gasteiger partial charge in [0.1, 0.15) is 11.8 Å². The van der Waals surface area contributed by atoms with Crippen molar-refractivity contribution in [2.24, 2.45) is 0 Å². The fourth-order valence-corrected chi connectivity index (χ4v) is 1.22. The first kappa shape index (κ1) is 7.62. The van der Waals surface area contributed by atoms with Gasteiger partial charge in [0.15, 0.2) is 0 Å². The molecule has 0 aliphatic carbocycles. The van der Waals surface area contributed by atoms with Crippen molar-refractivity contribution in [3.63, 3.8) is 0 Å². The van der Waals surface area contributed by atoms with E-state index in [2.05, 4.69) is 16.0 Å². The minimum atomic E-state index is 0.513. The van der Waals surface area contributed by atoms with Crippen molar-refractivity contribution in [1.29, 1.82) is 5.26 Å². The fourth-order valence-electron chi connectivity index (χ4n) is 1.22. The van der Waals surface area contributed by atoms with Crippen molar-refractivity contribution in [1.82, 2.24) is 9.97 Å². The van der Waals surface area contributed by atoms with Crippen LogP contribution >= 0.6 is 0 Å². The maximum absolute atomic E-state index is 8.78. The Labute approximate surface area is 74.8 Å². The Bertz CT molecular complexity index is 481. The second kappa shape index (κ2) is 2.79. The Morgan fingerprint density at radius 3 is 3.08 bits per heavy atom. The highest BCUT2D eigenvalue weighted by molar-refractivity contribution is 5.78. The standard InChI is InChI=1S/C9H7N3O/c1-13-9-3-8-7(11-5-12-8)2-6(9)4-10/h2-3,5H,1H3,(H,11,12). The minimum absolute atomic E-state index is 0.513. The van der Waals surface area contributed by atoms with Gasteiger partial charge in [-0.25, -0.2) is 4.98 Å². The van der Waals surface area contributed by atoms with Crippen LogP contribution in [0.1, 0.15) is 5.56 Å². The van der Waals surface area contributed by atoms with Crippen LogP contribution in [0.3, 0.4) is 0 Å². The van der Waals surface area contributed by atoms with Gasteiger partial charge in [-0.05, 0) is 6.07 Å². The number of nitriles is 1. The molecule has 0 amide bonds. The van der Waals surface area contributed by atoms with Gasteiger partial charge in [0.2, 0.25) is 0 Å². The third-order valence-corrected chi connectivity index (χ3v) is 1.86. The number of fused-ring (bicyclic) bond motifs is 1. The first-order valence-corrected chi connectivity index (χ1v) is 3.76. The molecular weight excluding hydrogens is 166 g/mol. The Kier molecular flexibility index (Phi) is 1.64. The largest absolute Gasteiger partial charge is 0.495 e. The third-order valence-electron chi connectivity index (χ3n) is 1.86. The monoisotopic (exact) mass is 173 g/mol. The van der Waals surface area contributed by atoms with Crippen LogP contribution in [0.25, 0.3) is 11.0 Å². The van der Waals surface area contributed by atoms with Crippen molar-refractivity contribution in [3.8, 4) is 11.8 Å². The molecule has 4 heteroatoms. The fraction of sp³-hybridized carbons (Fsp3) is 0.111. The zero-order chi connectivity index (χ0) is 9.26. The lowest BCUT2D eigenvalue weighted by Gasteiger charge is -2.00. The number of ether oxygens (including phenoxy) is 1. The molecule has 4 nitrogen and oxygen atoms in total. The Morgan fingerprint density at radius 2 is 2.38 bits per heavy atom. The van der Waals surface area contributed by atoms with E-state index < -0.39 is 0 Å². The average Bonchev–Trinajstić information content (AvgIpc) is 2.62. The predicted octanol–water partition coefficient (Wildman–Crippen LogP) is 1.44. The zero-order valence-corrected chi connectivity index (χ0v) is 7.03. The summed E-state index contributed by atoms with van der Waals surface area (Å²) in [6, 6.07) is 5.52. The second-order valence-electron chi connectivity index (χ2n) is 2.58. The predicted molar refractivity (Wildman–Crippen MR) is 47.4 cm³/mol. The lowest BCUT2D eigenvalue weighted by molar-refractivity contribution is 0.414. The molecule has 1 heterocycles. The Balaban J connectivity index is 2.76. The van der Waals surface area contributed by atoms with Gasteiger partial charge in [0.05, 0.1) is 30.0 Å². The molecule has 1 N–H and O–H groups in total. The molecule has 64 valence electrons. The lowest BCUT2D eigenvalue weighted by Crippen LogP contribution is -1.87. The summed E-state index contributed by atoms with van der Waals surface area (Å²) in [6.07, 6.45) is 1.59. The SMILES string of the molecule is COc1cc2nc[nH]c2cc1C#N. The van der Waals surface area contributed by atoms with E-state index >= 15 is 0 Å². The van der Waals surface area contributed by atoms with Crippen molar-refractivity contribution < 1.29 is 4.74 Å². The van der Waals surface area contributed by atoms with Crippen molar-refractivity contribution in [2.45, 2.75) is 0 Å². The molecule has 0 bridgehead atoms. The number of imidazole rings is 1. The van der Waals surface area contributed by atoms with Gasteiger partial charge in [0, 0.05) is 6.07 Å². The maximum atomic E-state index is 8.78. The van der Waals surface area contributed by atoms with Crippen LogP contribution < -0.4 is 4.74 Å². The van der Waals surface area contributed by atoms with Crippen LogP contribution in [0, 0.1) is 11.3 Å². The highest BCUT2D eigenvalue weighted by Gasteiger charge is 2.05. The van der Waals surface area contributed by atoms with Gasteiger partial charge in [-0.15, -0.1) is 0 Å². The molecule has 2 aromatic rings. The maximum Gasteiger partial charge on any atom is 0.138 e. The minimum Gasteiger partial charge on any atom is -0.495 e. The Hall–Kier alpha value is -2.02. The van der Waals surface area contributed by atoms with Gasteiger partial charge in [-0.3, -0.25) is 0 Å². The van der Waals surface area contributed by atoms with E-state index in [0.29, 0.717) is 11.3 Å². The van der Waals surface area contributed by atoms with Gasteiger partial charge in [-0.1, -0.05) is 0 Å². The van der Waals surface area contributed by atoms with Crippen molar-refractivity contribution in [2.75, 3.05) is 7.11 Å². The molecular formula is C9H7N3O. The molecule has 0 fully saturated rings. The Morgan fingerprint density at radius 1 is 1.54 bits per heavy atom. The molecule has 0 aliphatic rings. The summed E-state index contributed by atoms with van der Waals surface area (Å²) in [4.78, 5) is 6.99. The van der Waals surface area contributed by atoms with E-state index in [1.807, 2.05) is 0 Å². The van der Waals surface area contributed by atoms with E-state index in [-0.39, 0.29) is 0 Å². The van der Waals surface area contributed by atoms with Gasteiger partial charge in [-0.2, -0.15) is 5.26 Å². The number of aromatic amines is 1. The number of methoxy groups -OCH3 is 1. The molecule has 0 saturated heterocycles. The molecule has 1 aromatic heterocycles. The second-order valence-corrected chi connectivity index (χ2v) is 2.58. The molecule has 0 unspecified atom stereocenters. The van der Waals surface area contributed by atoms with Gasteiger partial charge >= 0.3 is 0 Å². The number of benzene rings is 1. The van der Waals surface area contributed by atoms with Crippen LogP contribution in [-0.4, -0.2) is 17.1 Å². The molecule has 0 spiro atoms. The quantitative estimate of drug-likeness (QED) is 0.709. The zero-order valence-electron chi connectivity index (χ0n) is 7.03. The van der Waals surface area contributed by atoms with E-state index in [4.69, 9.17) is 10.00 Å². The van der Waals surface area contributed by atoms with Crippen molar-refractivity contribution in [3.05, 3.63) is 24.0 Å². The summed E-state index contributed by atoms with van der Waals surface area (Å²) in [6.45, 7) is 0. The first-order valence-electron chi connectivity index (χ1n) is 3.76. The number of rotatable bonds is 1. The topological polar surface area (TPSA) is 61.7 Å². The molecule has 0 saturated carbocycles. The summed E-state index contributed by atoms with van der Waals surface area (Å²) >= 11 is 0. The highest BCUT2D eigenvalue weighted by atomic mass is 16.5.